The van der Waals surface area contributed by atoms with E-state index in [1.165, 1.54) is 29.9 Å². The topological polar surface area (TPSA) is 26.4 Å². The minimum Gasteiger partial charge on any atom is -1.00 e. The maximum absolute atomic E-state index is 3.79. The Bertz CT molecular complexity index is 1360. The van der Waals surface area contributed by atoms with Gasteiger partial charge in [0.2, 0.25) is 19.0 Å². The van der Waals surface area contributed by atoms with E-state index in [9.17, 15) is 0 Å². The summed E-state index contributed by atoms with van der Waals surface area (Å²) in [6.45, 7) is 41.2. The van der Waals surface area contributed by atoms with Gasteiger partial charge >= 0.3 is 0 Å². The monoisotopic (exact) mass is 996 g/mol. The molecule has 0 N–H and O–H groups in total. The Labute approximate surface area is 344 Å². The number of allylic oxidation sites excluding steroid dienone is 6. The van der Waals surface area contributed by atoms with Gasteiger partial charge in [0.25, 0.3) is 0 Å². The zero-order valence-corrected chi connectivity index (χ0v) is 37.1. The van der Waals surface area contributed by atoms with Crippen LogP contribution in [0.15, 0.2) is 114 Å². The van der Waals surface area contributed by atoms with E-state index in [0.717, 1.165) is 52.1 Å². The van der Waals surface area contributed by atoms with Crippen molar-refractivity contribution in [2.24, 2.45) is 0 Å². The van der Waals surface area contributed by atoms with Crippen LogP contribution in [0.5, 0.6) is 0 Å². The van der Waals surface area contributed by atoms with Crippen molar-refractivity contribution in [3.05, 3.63) is 131 Å². The average Bonchev–Trinajstić information content (AvgIpc) is 3.70. The van der Waals surface area contributed by atoms with Gasteiger partial charge < -0.3 is 71.9 Å². The second-order valence-corrected chi connectivity index (χ2v) is 12.5. The Morgan fingerprint density at radius 1 is 0.646 bits per heavy atom. The molecule has 0 aliphatic carbocycles. The standard InChI is InChI=1S/3C13H21N2.3HI/c1-6-8-14-10-12(13(3,4)5)15(11-14)9-7-2;1-5-8-14-10-13(12(4)7-3)15(11-14)9-6-2;1-4-7-8-13-11-14(9-5-2)12-15(13)10-6-3;;;/h6-7,10-11H,1-2,8-9H2,3-5H3;5-6,10-12H,1-2,7-9H2,3-4H3;5-6,11-12H,2-4,7-10H2,1H3;3*1H/q3*+1;;;/p-3. The van der Waals surface area contributed by atoms with Crippen LogP contribution in [-0.2, 0) is 51.1 Å². The van der Waals surface area contributed by atoms with Crippen LogP contribution in [0.4, 0.5) is 0 Å². The third-order valence-corrected chi connectivity index (χ3v) is 7.44. The van der Waals surface area contributed by atoms with Crippen LogP contribution in [0.3, 0.4) is 0 Å². The molecule has 3 heterocycles. The maximum Gasteiger partial charge on any atom is 0.244 e. The number of aryl methyl sites for hydroxylation is 1. The summed E-state index contributed by atoms with van der Waals surface area (Å²) >= 11 is 0. The van der Waals surface area contributed by atoms with Crippen molar-refractivity contribution in [1.82, 2.24) is 13.7 Å². The first-order chi connectivity index (χ1) is 21.5. The largest absolute Gasteiger partial charge is 1.00 e. The molecular weight excluding hydrogens is 933 g/mol. The summed E-state index contributed by atoms with van der Waals surface area (Å²) in [5, 5.41) is 0. The maximum atomic E-state index is 3.79. The third-order valence-electron chi connectivity index (χ3n) is 7.44. The number of hydrogen-bond donors (Lipinski definition) is 0. The van der Waals surface area contributed by atoms with Crippen molar-refractivity contribution in [3.8, 4) is 0 Å². The highest BCUT2D eigenvalue weighted by atomic mass is 127. The minimum atomic E-state index is 0. The summed E-state index contributed by atoms with van der Waals surface area (Å²) < 4.78 is 13.2. The van der Waals surface area contributed by atoms with Gasteiger partial charge in [-0.2, -0.15) is 0 Å². The molecule has 0 aliphatic rings. The molecule has 1 atom stereocenters. The zero-order chi connectivity index (χ0) is 33.8. The lowest BCUT2D eigenvalue weighted by molar-refractivity contribution is -0.686. The van der Waals surface area contributed by atoms with Gasteiger partial charge in [0.05, 0.1) is 0 Å². The van der Waals surface area contributed by atoms with E-state index in [0.29, 0.717) is 5.92 Å². The molecule has 270 valence electrons. The van der Waals surface area contributed by atoms with Crippen molar-refractivity contribution >= 4 is 0 Å². The van der Waals surface area contributed by atoms with Crippen LogP contribution in [0.25, 0.3) is 0 Å². The lowest BCUT2D eigenvalue weighted by atomic mass is 9.92. The molecule has 0 bridgehead atoms. The molecule has 0 saturated heterocycles. The predicted octanol–water partition coefficient (Wildman–Crippen LogP) is -1.39. The minimum absolute atomic E-state index is 0. The van der Waals surface area contributed by atoms with Crippen LogP contribution in [0.2, 0.25) is 0 Å². The number of rotatable bonds is 17. The van der Waals surface area contributed by atoms with Crippen molar-refractivity contribution < 1.29 is 85.6 Å². The van der Waals surface area contributed by atoms with E-state index in [2.05, 4.69) is 146 Å². The summed E-state index contributed by atoms with van der Waals surface area (Å²) in [6.07, 6.45) is 29.3. The summed E-state index contributed by atoms with van der Waals surface area (Å²) in [7, 11) is 0. The number of hydrogen-bond acceptors (Lipinski definition) is 0. The van der Waals surface area contributed by atoms with Crippen molar-refractivity contribution in [2.45, 2.75) is 118 Å². The molecule has 0 spiro atoms. The highest BCUT2D eigenvalue weighted by molar-refractivity contribution is 5.08. The summed E-state index contributed by atoms with van der Waals surface area (Å²) in [4.78, 5) is 0. The van der Waals surface area contributed by atoms with E-state index in [1.54, 1.807) is 0 Å². The average molecular weight is 997 g/mol. The van der Waals surface area contributed by atoms with Crippen molar-refractivity contribution in [1.29, 1.82) is 0 Å². The van der Waals surface area contributed by atoms with Gasteiger partial charge in [0, 0.05) is 17.8 Å². The number of unbranched alkanes of at least 4 members (excludes halogenated alkanes) is 1. The summed E-state index contributed by atoms with van der Waals surface area (Å²) in [5.74, 6) is 0.594. The van der Waals surface area contributed by atoms with Gasteiger partial charge in [-0.1, -0.05) is 124 Å². The van der Waals surface area contributed by atoms with Crippen LogP contribution in [0.1, 0.15) is 83.8 Å². The Hall–Kier alpha value is -1.74. The molecule has 0 amide bonds. The molecule has 3 aromatic heterocycles. The molecule has 48 heavy (non-hydrogen) atoms. The number of aromatic nitrogens is 6. The Morgan fingerprint density at radius 2 is 1.08 bits per heavy atom. The van der Waals surface area contributed by atoms with Gasteiger partial charge in [-0.15, -0.1) is 0 Å². The quantitative estimate of drug-likeness (QED) is 0.0907. The summed E-state index contributed by atoms with van der Waals surface area (Å²) in [6, 6.07) is 0. The first-order valence-electron chi connectivity index (χ1n) is 16.4. The number of imidazole rings is 3. The molecule has 1 unspecified atom stereocenters. The van der Waals surface area contributed by atoms with Gasteiger partial charge in [-0.3, -0.25) is 0 Å². The number of nitrogens with zero attached hydrogens (tertiary/aromatic N) is 6. The van der Waals surface area contributed by atoms with Gasteiger partial charge in [0.1, 0.15) is 74.9 Å². The molecule has 9 heteroatoms. The van der Waals surface area contributed by atoms with Crippen molar-refractivity contribution in [2.75, 3.05) is 0 Å². The number of halogens is 3. The van der Waals surface area contributed by atoms with Crippen LogP contribution in [0, 0.1) is 0 Å². The second-order valence-electron chi connectivity index (χ2n) is 12.5. The predicted molar refractivity (Wildman–Crippen MR) is 191 cm³/mol. The normalized spacial score (nSPS) is 10.6. The second kappa shape index (κ2) is 28.0. The van der Waals surface area contributed by atoms with E-state index < -0.39 is 0 Å². The van der Waals surface area contributed by atoms with Crippen molar-refractivity contribution in [3.63, 3.8) is 0 Å². The van der Waals surface area contributed by atoms with Crippen LogP contribution >= 0.6 is 0 Å². The molecule has 0 fully saturated rings. The van der Waals surface area contributed by atoms with E-state index in [-0.39, 0.29) is 77.3 Å². The lowest BCUT2D eigenvalue weighted by Gasteiger charge is -2.14. The molecular formula is C39H63I3N6. The molecule has 3 rings (SSSR count). The van der Waals surface area contributed by atoms with Gasteiger partial charge in [-0.05, 0) is 12.8 Å². The highest BCUT2D eigenvalue weighted by Gasteiger charge is 2.25. The van der Waals surface area contributed by atoms with E-state index in [1.807, 2.05) is 36.5 Å². The smallest absolute Gasteiger partial charge is 0.244 e. The third kappa shape index (κ3) is 17.8. The Kier molecular flexibility index (Phi) is 29.6. The zero-order valence-electron chi connectivity index (χ0n) is 30.6. The molecule has 6 nitrogen and oxygen atoms in total. The fourth-order valence-corrected chi connectivity index (χ4v) is 5.02. The van der Waals surface area contributed by atoms with Crippen LogP contribution in [-0.4, -0.2) is 13.7 Å². The highest BCUT2D eigenvalue weighted by Crippen LogP contribution is 2.21. The SMILES string of the molecule is C=CCn1c[n+](CC=C)cc1C(C)(C)C.C=CCn1c[n+](CC=C)cc1C(C)CC.C=CCn1c[n+](CC=C)cc1CCCC.[I-].[I-].[I-]. The Morgan fingerprint density at radius 3 is 1.54 bits per heavy atom. The van der Waals surface area contributed by atoms with Crippen LogP contribution < -0.4 is 85.6 Å². The molecule has 3 aromatic rings. The molecule has 0 radical (unpaired) electrons. The summed E-state index contributed by atoms with van der Waals surface area (Å²) in [5.41, 5.74) is 4.25. The van der Waals surface area contributed by atoms with Gasteiger partial charge in [0.15, 0.2) is 0 Å². The first kappa shape index (κ1) is 50.6. The fourth-order valence-electron chi connectivity index (χ4n) is 5.02. The Balaban J connectivity index is -0.000000614. The van der Waals surface area contributed by atoms with E-state index in [4.69, 9.17) is 0 Å². The van der Waals surface area contributed by atoms with E-state index >= 15 is 0 Å². The van der Waals surface area contributed by atoms with Gasteiger partial charge in [-0.25, -0.2) is 27.4 Å². The lowest BCUT2D eigenvalue weighted by Crippen LogP contribution is -3.00. The fraction of sp³-hybridized carbons (Fsp3) is 0.462. The molecule has 0 aliphatic heterocycles. The molecule has 0 saturated carbocycles. The molecule has 0 aromatic carbocycles. The first-order valence-corrected chi connectivity index (χ1v) is 16.4.